The van der Waals surface area contributed by atoms with Gasteiger partial charge in [-0.2, -0.15) is 0 Å². The maximum absolute atomic E-state index is 12.0. The fourth-order valence-corrected chi connectivity index (χ4v) is 2.24. The highest BCUT2D eigenvalue weighted by Crippen LogP contribution is 2.32. The Morgan fingerprint density at radius 1 is 1.25 bits per heavy atom. The van der Waals surface area contributed by atoms with E-state index >= 15 is 0 Å². The zero-order valence-electron chi connectivity index (χ0n) is 11.2. The zero-order chi connectivity index (χ0) is 13.9. The number of amides is 1. The lowest BCUT2D eigenvalue weighted by atomic mass is 10.2. The van der Waals surface area contributed by atoms with Gasteiger partial charge in [0.15, 0.2) is 0 Å². The Hall–Kier alpha value is -2.07. The van der Waals surface area contributed by atoms with E-state index < -0.39 is 6.10 Å². The van der Waals surface area contributed by atoms with Crippen LogP contribution in [0, 0.1) is 5.92 Å². The number of nitrogens with zero attached hydrogens (tertiary/aromatic N) is 1. The van der Waals surface area contributed by atoms with Crippen LogP contribution in [0.5, 0.6) is 0 Å². The van der Waals surface area contributed by atoms with Crippen molar-refractivity contribution in [1.82, 2.24) is 9.88 Å². The van der Waals surface area contributed by atoms with Crippen LogP contribution in [-0.4, -0.2) is 28.2 Å². The summed E-state index contributed by atoms with van der Waals surface area (Å²) in [6, 6.07) is 11.3. The lowest BCUT2D eigenvalue weighted by molar-refractivity contribution is 0.0901. The van der Waals surface area contributed by atoms with E-state index in [0.29, 0.717) is 18.0 Å². The van der Waals surface area contributed by atoms with Gasteiger partial charge in [0.25, 0.3) is 5.91 Å². The predicted octanol–water partition coefficient (Wildman–Crippen LogP) is 1.98. The number of hydrogen-bond donors (Lipinski definition) is 2. The number of aromatic nitrogens is 1. The van der Waals surface area contributed by atoms with E-state index in [1.807, 2.05) is 41.2 Å². The molecule has 1 fully saturated rings. The molecule has 1 heterocycles. The summed E-state index contributed by atoms with van der Waals surface area (Å²) in [6.45, 7) is 0.336. The van der Waals surface area contributed by atoms with Gasteiger partial charge >= 0.3 is 0 Å². The highest BCUT2D eigenvalue weighted by atomic mass is 16.3. The van der Waals surface area contributed by atoms with E-state index in [9.17, 15) is 9.90 Å². The normalized spacial score (nSPS) is 15.8. The highest BCUT2D eigenvalue weighted by Gasteiger charge is 2.29. The summed E-state index contributed by atoms with van der Waals surface area (Å²) < 4.78 is 1.98. The van der Waals surface area contributed by atoms with E-state index in [0.717, 1.165) is 18.5 Å². The monoisotopic (exact) mass is 270 g/mol. The summed E-state index contributed by atoms with van der Waals surface area (Å²) in [4.78, 5) is 12.0. The van der Waals surface area contributed by atoms with Crippen LogP contribution in [0.4, 0.5) is 0 Å². The van der Waals surface area contributed by atoms with Crippen molar-refractivity contribution in [1.29, 1.82) is 0 Å². The molecule has 0 bridgehead atoms. The Labute approximate surface area is 118 Å². The molecule has 2 N–H and O–H groups in total. The van der Waals surface area contributed by atoms with Crippen LogP contribution < -0.4 is 5.32 Å². The number of aliphatic hydroxyl groups excluding tert-OH is 1. The Bertz CT molecular complexity index is 571. The number of hydrogen-bond acceptors (Lipinski definition) is 2. The molecule has 1 saturated carbocycles. The quantitative estimate of drug-likeness (QED) is 0.873. The molecule has 4 nitrogen and oxygen atoms in total. The molecule has 1 aliphatic rings. The van der Waals surface area contributed by atoms with Gasteiger partial charge in [-0.1, -0.05) is 0 Å². The van der Waals surface area contributed by atoms with Gasteiger partial charge < -0.3 is 15.0 Å². The average Bonchev–Trinajstić information content (AvgIpc) is 3.19. The molecule has 0 aliphatic heterocycles. The fourth-order valence-electron chi connectivity index (χ4n) is 2.24. The minimum absolute atomic E-state index is 0.135. The number of rotatable bonds is 5. The molecule has 1 amide bonds. The average molecular weight is 270 g/mol. The molecular weight excluding hydrogens is 252 g/mol. The molecule has 1 aliphatic carbocycles. The summed E-state index contributed by atoms with van der Waals surface area (Å²) in [5.41, 5.74) is 1.63. The van der Waals surface area contributed by atoms with E-state index in [-0.39, 0.29) is 5.91 Å². The van der Waals surface area contributed by atoms with E-state index in [1.54, 1.807) is 12.1 Å². The molecule has 1 aromatic heterocycles. The topological polar surface area (TPSA) is 54.3 Å². The Morgan fingerprint density at radius 3 is 2.50 bits per heavy atom. The van der Waals surface area contributed by atoms with Crippen molar-refractivity contribution in [3.63, 3.8) is 0 Å². The second kappa shape index (κ2) is 5.51. The van der Waals surface area contributed by atoms with Crippen LogP contribution in [0.1, 0.15) is 23.2 Å². The van der Waals surface area contributed by atoms with Crippen molar-refractivity contribution in [3.8, 4) is 5.69 Å². The molecule has 3 rings (SSSR count). The fraction of sp³-hybridized carbons (Fsp3) is 0.312. The largest absolute Gasteiger partial charge is 0.391 e. The summed E-state index contributed by atoms with van der Waals surface area (Å²) >= 11 is 0. The van der Waals surface area contributed by atoms with Gasteiger partial charge in [-0.15, -0.1) is 0 Å². The number of carbonyl (C=O) groups excluding carboxylic acids is 1. The maximum Gasteiger partial charge on any atom is 0.251 e. The number of carbonyl (C=O) groups is 1. The molecule has 20 heavy (non-hydrogen) atoms. The summed E-state index contributed by atoms with van der Waals surface area (Å²) in [7, 11) is 0. The Kier molecular flexibility index (Phi) is 3.56. The number of benzene rings is 1. The van der Waals surface area contributed by atoms with Gasteiger partial charge in [0.1, 0.15) is 0 Å². The molecule has 0 radical (unpaired) electrons. The van der Waals surface area contributed by atoms with Gasteiger partial charge in [-0.05, 0) is 55.2 Å². The first-order valence-corrected chi connectivity index (χ1v) is 6.94. The summed E-state index contributed by atoms with van der Waals surface area (Å²) in [5, 5.41) is 12.5. The third-order valence-corrected chi connectivity index (χ3v) is 3.67. The molecule has 4 heteroatoms. The molecule has 1 unspecified atom stereocenters. The lowest BCUT2D eigenvalue weighted by Crippen LogP contribution is -2.33. The van der Waals surface area contributed by atoms with E-state index in [2.05, 4.69) is 5.32 Å². The standard InChI is InChI=1S/C16H18N2O2/c19-15(12-3-4-12)11-17-16(20)13-5-7-14(8-6-13)18-9-1-2-10-18/h1-2,5-10,12,15,19H,3-4,11H2,(H,17,20). The van der Waals surface area contributed by atoms with E-state index in [1.165, 1.54) is 0 Å². The van der Waals surface area contributed by atoms with Crippen LogP contribution in [0.15, 0.2) is 48.8 Å². The first kappa shape index (κ1) is 12.9. The van der Waals surface area contributed by atoms with Crippen molar-refractivity contribution in [2.45, 2.75) is 18.9 Å². The molecule has 1 aromatic carbocycles. The molecule has 104 valence electrons. The van der Waals surface area contributed by atoms with E-state index in [4.69, 9.17) is 0 Å². The van der Waals surface area contributed by atoms with Gasteiger partial charge in [-0.25, -0.2) is 0 Å². The highest BCUT2D eigenvalue weighted by molar-refractivity contribution is 5.94. The minimum Gasteiger partial charge on any atom is -0.391 e. The second-order valence-electron chi connectivity index (χ2n) is 5.25. The van der Waals surface area contributed by atoms with Crippen molar-refractivity contribution in [2.75, 3.05) is 6.54 Å². The first-order valence-electron chi connectivity index (χ1n) is 6.94. The van der Waals surface area contributed by atoms with Gasteiger partial charge in [-0.3, -0.25) is 4.79 Å². The zero-order valence-corrected chi connectivity index (χ0v) is 11.2. The Morgan fingerprint density at radius 2 is 1.90 bits per heavy atom. The van der Waals surface area contributed by atoms with Crippen molar-refractivity contribution in [2.24, 2.45) is 5.92 Å². The van der Waals surface area contributed by atoms with Crippen molar-refractivity contribution in [3.05, 3.63) is 54.4 Å². The number of aliphatic hydroxyl groups is 1. The van der Waals surface area contributed by atoms with Crippen LogP contribution in [-0.2, 0) is 0 Å². The van der Waals surface area contributed by atoms with Crippen molar-refractivity contribution >= 4 is 5.91 Å². The molecular formula is C16H18N2O2. The van der Waals surface area contributed by atoms with Gasteiger partial charge in [0.2, 0.25) is 0 Å². The smallest absolute Gasteiger partial charge is 0.251 e. The minimum atomic E-state index is -0.405. The predicted molar refractivity (Wildman–Crippen MR) is 76.8 cm³/mol. The van der Waals surface area contributed by atoms with Gasteiger partial charge in [0, 0.05) is 30.2 Å². The summed E-state index contributed by atoms with van der Waals surface area (Å²) in [5.74, 6) is 0.246. The maximum atomic E-state index is 12.0. The van der Waals surface area contributed by atoms with Crippen molar-refractivity contribution < 1.29 is 9.90 Å². The number of nitrogens with one attached hydrogen (secondary N) is 1. The molecule has 0 spiro atoms. The van der Waals surface area contributed by atoms with Crippen LogP contribution in [0.25, 0.3) is 5.69 Å². The van der Waals surface area contributed by atoms with Gasteiger partial charge in [0.05, 0.1) is 6.10 Å². The van der Waals surface area contributed by atoms with Crippen LogP contribution >= 0.6 is 0 Å². The molecule has 2 aromatic rings. The Balaban J connectivity index is 1.60. The molecule has 0 saturated heterocycles. The third kappa shape index (κ3) is 2.91. The SMILES string of the molecule is O=C(NCC(O)C1CC1)c1ccc(-n2cccc2)cc1. The molecule has 1 atom stereocenters. The first-order chi connectivity index (χ1) is 9.74. The summed E-state index contributed by atoms with van der Waals surface area (Å²) in [6.07, 6.45) is 5.66. The van der Waals surface area contributed by atoms with Crippen LogP contribution in [0.3, 0.4) is 0 Å². The second-order valence-corrected chi connectivity index (χ2v) is 5.25. The van der Waals surface area contributed by atoms with Crippen LogP contribution in [0.2, 0.25) is 0 Å². The third-order valence-electron chi connectivity index (χ3n) is 3.67. The lowest BCUT2D eigenvalue weighted by Gasteiger charge is -2.11.